The Morgan fingerprint density at radius 2 is 1.94 bits per heavy atom. The molecule has 1 unspecified atom stereocenters. The van der Waals surface area contributed by atoms with Crippen molar-refractivity contribution in [1.29, 1.82) is 0 Å². The van der Waals surface area contributed by atoms with Crippen molar-refractivity contribution < 1.29 is 23.1 Å². The molecule has 2 heterocycles. The maximum Gasteiger partial charge on any atom is 0.412 e. The van der Waals surface area contributed by atoms with Crippen molar-refractivity contribution in [2.24, 2.45) is 0 Å². The summed E-state index contributed by atoms with van der Waals surface area (Å²) in [6.45, 7) is 3.17. The van der Waals surface area contributed by atoms with E-state index in [4.69, 9.17) is 5.10 Å². The lowest BCUT2D eigenvalue weighted by atomic mass is 9.95. The van der Waals surface area contributed by atoms with Gasteiger partial charge in [0, 0.05) is 22.8 Å². The van der Waals surface area contributed by atoms with Gasteiger partial charge in [0.2, 0.25) is 0 Å². The number of anilines is 1. The minimum Gasteiger partial charge on any atom is -0.386 e. The van der Waals surface area contributed by atoms with E-state index in [2.05, 4.69) is 10.6 Å². The molecule has 0 saturated heterocycles. The van der Waals surface area contributed by atoms with Crippen LogP contribution in [-0.2, 0) is 10.4 Å². The zero-order chi connectivity index (χ0) is 23.1. The number of amides is 1. The van der Waals surface area contributed by atoms with Gasteiger partial charge in [0.25, 0.3) is 5.91 Å². The highest BCUT2D eigenvalue weighted by molar-refractivity contribution is 6.05. The molecular formula is C23H27F3N4O2. The summed E-state index contributed by atoms with van der Waals surface area (Å²) < 4.78 is 41.1. The summed E-state index contributed by atoms with van der Waals surface area (Å²) in [5.74, 6) is -0.715. The van der Waals surface area contributed by atoms with Gasteiger partial charge in [0.05, 0.1) is 17.2 Å². The van der Waals surface area contributed by atoms with Crippen molar-refractivity contribution in [1.82, 2.24) is 15.1 Å². The number of hydrogen-bond acceptors (Lipinski definition) is 4. The van der Waals surface area contributed by atoms with Crippen LogP contribution < -0.4 is 10.6 Å². The number of aromatic nitrogens is 2. The Bertz CT molecular complexity index is 1070. The first kappa shape index (κ1) is 22.4. The number of fused-ring (bicyclic) bond motifs is 1. The fraction of sp³-hybridized carbons (Fsp3) is 0.478. The number of benzene rings is 1. The molecule has 0 radical (unpaired) electrons. The van der Waals surface area contributed by atoms with E-state index in [9.17, 15) is 23.1 Å². The number of nitrogens with one attached hydrogen (secondary N) is 2. The van der Waals surface area contributed by atoms with Gasteiger partial charge in [0.15, 0.2) is 0 Å². The van der Waals surface area contributed by atoms with Crippen LogP contribution in [0, 0.1) is 0 Å². The number of carbonyl (C=O) groups excluding carboxylic acids is 1. The molecule has 172 valence electrons. The van der Waals surface area contributed by atoms with Crippen molar-refractivity contribution in [3.63, 3.8) is 0 Å². The molecule has 2 aromatic rings. The van der Waals surface area contributed by atoms with Crippen molar-refractivity contribution in [2.75, 3.05) is 5.32 Å². The predicted molar refractivity (Wildman–Crippen MR) is 116 cm³/mol. The van der Waals surface area contributed by atoms with Gasteiger partial charge in [-0.2, -0.15) is 18.3 Å². The van der Waals surface area contributed by atoms with E-state index in [1.165, 1.54) is 18.6 Å². The molecule has 0 spiro atoms. The zero-order valence-corrected chi connectivity index (χ0v) is 18.0. The van der Waals surface area contributed by atoms with Crippen molar-refractivity contribution in [3.05, 3.63) is 47.8 Å². The first-order valence-corrected chi connectivity index (χ1v) is 10.8. The van der Waals surface area contributed by atoms with Gasteiger partial charge < -0.3 is 15.7 Å². The summed E-state index contributed by atoms with van der Waals surface area (Å²) in [5, 5.41) is 21.0. The Hall–Kier alpha value is -2.81. The summed E-state index contributed by atoms with van der Waals surface area (Å²) in [4.78, 5) is 12.8. The van der Waals surface area contributed by atoms with Gasteiger partial charge in [-0.05, 0) is 44.9 Å². The van der Waals surface area contributed by atoms with Gasteiger partial charge in [-0.1, -0.05) is 31.4 Å². The fourth-order valence-corrected chi connectivity index (χ4v) is 4.28. The van der Waals surface area contributed by atoms with E-state index in [-0.39, 0.29) is 5.70 Å². The van der Waals surface area contributed by atoms with Crippen LogP contribution in [0.5, 0.6) is 0 Å². The third-order valence-corrected chi connectivity index (χ3v) is 5.99. The summed E-state index contributed by atoms with van der Waals surface area (Å²) in [7, 11) is 0. The highest BCUT2D eigenvalue weighted by atomic mass is 19.4. The summed E-state index contributed by atoms with van der Waals surface area (Å²) in [6.07, 6.45) is 6.53. The number of allylic oxidation sites excluding steroid dienone is 2. The Balaban J connectivity index is 1.64. The minimum atomic E-state index is -4.51. The molecule has 32 heavy (non-hydrogen) atoms. The second-order valence-electron chi connectivity index (χ2n) is 9.00. The number of nitrogens with zero attached hydrogens (tertiary/aromatic N) is 2. The van der Waals surface area contributed by atoms with E-state index in [0.717, 1.165) is 37.1 Å². The van der Waals surface area contributed by atoms with Crippen molar-refractivity contribution in [3.8, 4) is 0 Å². The van der Waals surface area contributed by atoms with Gasteiger partial charge in [-0.15, -0.1) is 0 Å². The molecule has 1 aromatic carbocycles. The third kappa shape index (κ3) is 4.67. The van der Waals surface area contributed by atoms with E-state index in [1.54, 1.807) is 26.0 Å². The molecule has 4 rings (SSSR count). The van der Waals surface area contributed by atoms with E-state index < -0.39 is 23.7 Å². The molecule has 2 aliphatic rings. The monoisotopic (exact) mass is 448 g/mol. The van der Waals surface area contributed by atoms with E-state index >= 15 is 0 Å². The predicted octanol–water partition coefficient (Wildman–Crippen LogP) is 4.68. The third-order valence-electron chi connectivity index (χ3n) is 5.99. The zero-order valence-electron chi connectivity index (χ0n) is 18.0. The number of carbonyl (C=O) groups is 1. The molecule has 1 amide bonds. The Labute approximate surface area is 184 Å². The molecule has 3 N–H and O–H groups in total. The average molecular weight is 448 g/mol. The van der Waals surface area contributed by atoms with Crippen molar-refractivity contribution in [2.45, 2.75) is 69.8 Å². The number of rotatable bonds is 4. The lowest BCUT2D eigenvalue weighted by Crippen LogP contribution is -2.44. The number of hydrogen-bond donors (Lipinski definition) is 3. The second-order valence-corrected chi connectivity index (χ2v) is 9.00. The molecule has 0 bridgehead atoms. The van der Waals surface area contributed by atoms with Crippen LogP contribution in [0.25, 0.3) is 10.9 Å². The van der Waals surface area contributed by atoms with Crippen LogP contribution >= 0.6 is 0 Å². The minimum absolute atomic E-state index is 0.200. The lowest BCUT2D eigenvalue weighted by Gasteiger charge is -2.25. The Kier molecular flexibility index (Phi) is 5.79. The number of halogens is 3. The second kappa shape index (κ2) is 8.27. The summed E-state index contributed by atoms with van der Waals surface area (Å²) in [5.41, 5.74) is -0.0327. The largest absolute Gasteiger partial charge is 0.412 e. The van der Waals surface area contributed by atoms with Gasteiger partial charge >= 0.3 is 6.18 Å². The first-order chi connectivity index (χ1) is 15.0. The Morgan fingerprint density at radius 1 is 1.22 bits per heavy atom. The smallest absolute Gasteiger partial charge is 0.386 e. The summed E-state index contributed by atoms with van der Waals surface area (Å²) in [6, 6.07) is 1.83. The Morgan fingerprint density at radius 3 is 2.59 bits per heavy atom. The molecule has 1 aromatic heterocycles. The van der Waals surface area contributed by atoms with Crippen LogP contribution in [0.4, 0.5) is 18.9 Å². The first-order valence-electron chi connectivity index (χ1n) is 10.8. The molecule has 1 aliphatic heterocycles. The highest BCUT2D eigenvalue weighted by Crippen LogP contribution is 2.34. The van der Waals surface area contributed by atoms with E-state index in [0.29, 0.717) is 22.8 Å². The molecular weight excluding hydrogens is 421 g/mol. The fourth-order valence-electron chi connectivity index (χ4n) is 4.28. The normalized spacial score (nSPS) is 20.2. The quantitative estimate of drug-likeness (QED) is 0.635. The highest BCUT2D eigenvalue weighted by Gasteiger charge is 2.39. The standard InChI is InChI=1S/C23H27F3N4O2/c1-22(2,32)16-12-18-14(13-30(29-18)15-7-4-3-5-8-15)11-19(16)28-21(31)17-9-6-10-20(27-17)23(24,25)26/h6,9-13,15,20,27,32H,3-5,7-8H2,1-2H3,(H,28,31). The average Bonchev–Trinajstić information content (AvgIpc) is 3.16. The maximum atomic E-state index is 13.0. The SMILES string of the molecule is CC(C)(O)c1cc2nn(C3CCCCC3)cc2cc1NC(=O)C1=CC=CC(C(F)(F)F)N1. The molecule has 1 atom stereocenters. The van der Waals surface area contributed by atoms with Gasteiger partial charge in [-0.3, -0.25) is 9.48 Å². The molecule has 6 nitrogen and oxygen atoms in total. The number of dihydropyridines is 1. The van der Waals surface area contributed by atoms with Crippen LogP contribution in [0.1, 0.15) is 57.6 Å². The van der Waals surface area contributed by atoms with Crippen LogP contribution in [0.15, 0.2) is 42.3 Å². The van der Waals surface area contributed by atoms with E-state index in [1.807, 2.05) is 10.9 Å². The maximum absolute atomic E-state index is 13.0. The van der Waals surface area contributed by atoms with Crippen LogP contribution in [0.2, 0.25) is 0 Å². The molecule has 1 aliphatic carbocycles. The van der Waals surface area contributed by atoms with Gasteiger partial charge in [-0.25, -0.2) is 0 Å². The lowest BCUT2D eigenvalue weighted by molar-refractivity contribution is -0.143. The molecule has 1 fully saturated rings. The van der Waals surface area contributed by atoms with Crippen LogP contribution in [-0.4, -0.2) is 33.0 Å². The van der Waals surface area contributed by atoms with Crippen molar-refractivity contribution >= 4 is 22.5 Å². The van der Waals surface area contributed by atoms with Crippen LogP contribution in [0.3, 0.4) is 0 Å². The molecule has 1 saturated carbocycles. The van der Waals surface area contributed by atoms with Gasteiger partial charge in [0.1, 0.15) is 11.7 Å². The summed E-state index contributed by atoms with van der Waals surface area (Å²) >= 11 is 0. The topological polar surface area (TPSA) is 79.2 Å². The molecule has 9 heteroatoms. The number of alkyl halides is 3. The number of aliphatic hydroxyl groups is 1.